The molecule has 0 bridgehead atoms. The van der Waals surface area contributed by atoms with Gasteiger partial charge in [0.25, 0.3) is 5.69 Å². The number of rotatable bonds is 8. The maximum atomic E-state index is 12.6. The van der Waals surface area contributed by atoms with Crippen molar-refractivity contribution in [3.63, 3.8) is 0 Å². The van der Waals surface area contributed by atoms with E-state index >= 15 is 0 Å². The number of carbonyl (C=O) groups excluding carboxylic acids is 1. The highest BCUT2D eigenvalue weighted by molar-refractivity contribution is 7.99. The lowest BCUT2D eigenvalue weighted by Gasteiger charge is -2.17. The summed E-state index contributed by atoms with van der Waals surface area (Å²) in [7, 11) is 0. The number of nitrogens with one attached hydrogen (secondary N) is 1. The number of anilines is 2. The molecule has 0 radical (unpaired) electrons. The zero-order valence-corrected chi connectivity index (χ0v) is 17.8. The highest BCUT2D eigenvalue weighted by atomic mass is 32.2. The molecule has 1 aromatic carbocycles. The molecule has 4 rings (SSSR count). The lowest BCUT2D eigenvalue weighted by molar-refractivity contribution is -0.384. The van der Waals surface area contributed by atoms with E-state index in [-0.39, 0.29) is 23.0 Å². The standard InChI is InChI=1S/C20H22N6O4S/c1-14-6-4-8-16(26(28)29)18(14)21-17(27)13-31-20-23-22-19(24-9-2-3-10-24)25(20)12-15-7-5-11-30-15/h4-8,11H,2-3,9-10,12-13H2,1H3,(H,21,27). The van der Waals surface area contributed by atoms with E-state index in [1.807, 2.05) is 16.7 Å². The van der Waals surface area contributed by atoms with E-state index in [0.717, 1.165) is 37.6 Å². The predicted molar refractivity (Wildman–Crippen MR) is 116 cm³/mol. The van der Waals surface area contributed by atoms with Gasteiger partial charge in [0.05, 0.1) is 23.5 Å². The summed E-state index contributed by atoms with van der Waals surface area (Å²) in [5, 5.41) is 23.2. The molecule has 1 saturated heterocycles. The summed E-state index contributed by atoms with van der Waals surface area (Å²) in [6.45, 7) is 4.01. The molecule has 1 aliphatic rings. The van der Waals surface area contributed by atoms with Crippen LogP contribution < -0.4 is 10.2 Å². The van der Waals surface area contributed by atoms with Crippen LogP contribution in [0.4, 0.5) is 17.3 Å². The topological polar surface area (TPSA) is 119 Å². The number of nitro benzene ring substituents is 1. The Balaban J connectivity index is 1.49. The number of thioether (sulfide) groups is 1. The Bertz CT molecular complexity index is 1080. The van der Waals surface area contributed by atoms with Crippen LogP contribution in [-0.2, 0) is 11.3 Å². The van der Waals surface area contributed by atoms with Crippen LogP contribution >= 0.6 is 11.8 Å². The molecule has 1 N–H and O–H groups in total. The van der Waals surface area contributed by atoms with E-state index in [0.29, 0.717) is 17.3 Å². The van der Waals surface area contributed by atoms with Crippen LogP contribution in [0.3, 0.4) is 0 Å². The molecule has 162 valence electrons. The minimum atomic E-state index is -0.502. The number of furan rings is 1. The van der Waals surface area contributed by atoms with Crippen LogP contribution in [0.25, 0.3) is 0 Å². The summed E-state index contributed by atoms with van der Waals surface area (Å²) in [6.07, 6.45) is 3.83. The van der Waals surface area contributed by atoms with Gasteiger partial charge in [0.2, 0.25) is 11.9 Å². The summed E-state index contributed by atoms with van der Waals surface area (Å²) in [4.78, 5) is 25.5. The molecule has 0 aliphatic carbocycles. The molecule has 0 atom stereocenters. The third-order valence-corrected chi connectivity index (χ3v) is 5.99. The zero-order chi connectivity index (χ0) is 21.8. The van der Waals surface area contributed by atoms with E-state index in [4.69, 9.17) is 4.42 Å². The van der Waals surface area contributed by atoms with Crippen LogP contribution in [0.5, 0.6) is 0 Å². The first-order chi connectivity index (χ1) is 15.0. The number of benzene rings is 1. The molecule has 1 aliphatic heterocycles. The number of amides is 1. The highest BCUT2D eigenvalue weighted by Gasteiger charge is 2.23. The van der Waals surface area contributed by atoms with Crippen molar-refractivity contribution >= 4 is 35.0 Å². The summed E-state index contributed by atoms with van der Waals surface area (Å²) in [5.41, 5.74) is 0.716. The SMILES string of the molecule is Cc1cccc([N+](=O)[O-])c1NC(=O)CSc1nnc(N2CCCC2)n1Cc1ccco1. The summed E-state index contributed by atoms with van der Waals surface area (Å²) >= 11 is 1.24. The number of hydrogen-bond acceptors (Lipinski definition) is 8. The van der Waals surface area contributed by atoms with Crippen molar-refractivity contribution in [3.8, 4) is 0 Å². The van der Waals surface area contributed by atoms with Gasteiger partial charge < -0.3 is 14.6 Å². The highest BCUT2D eigenvalue weighted by Crippen LogP contribution is 2.29. The second-order valence-electron chi connectivity index (χ2n) is 7.21. The molecule has 1 fully saturated rings. The number of nitrogens with zero attached hydrogens (tertiary/aromatic N) is 5. The largest absolute Gasteiger partial charge is 0.467 e. The first-order valence-corrected chi connectivity index (χ1v) is 10.9. The van der Waals surface area contributed by atoms with Gasteiger partial charge in [-0.2, -0.15) is 0 Å². The lowest BCUT2D eigenvalue weighted by atomic mass is 10.1. The first-order valence-electron chi connectivity index (χ1n) is 9.90. The normalized spacial score (nSPS) is 13.5. The number of carbonyl (C=O) groups is 1. The summed E-state index contributed by atoms with van der Waals surface area (Å²) in [5.74, 6) is 1.22. The maximum Gasteiger partial charge on any atom is 0.293 e. The van der Waals surface area contributed by atoms with Crippen LogP contribution in [0.1, 0.15) is 24.2 Å². The Kier molecular flexibility index (Phi) is 6.21. The molecule has 0 unspecified atom stereocenters. The van der Waals surface area contributed by atoms with Gasteiger partial charge in [0.15, 0.2) is 5.16 Å². The Morgan fingerprint density at radius 1 is 1.26 bits per heavy atom. The van der Waals surface area contributed by atoms with Gasteiger partial charge in [-0.3, -0.25) is 19.5 Å². The Morgan fingerprint density at radius 2 is 2.06 bits per heavy atom. The Morgan fingerprint density at radius 3 is 2.77 bits per heavy atom. The quantitative estimate of drug-likeness (QED) is 0.320. The molecule has 0 spiro atoms. The number of aromatic nitrogens is 3. The van der Waals surface area contributed by atoms with Crippen LogP contribution in [0, 0.1) is 17.0 Å². The molecular weight excluding hydrogens is 420 g/mol. The van der Waals surface area contributed by atoms with Crippen molar-refractivity contribution in [1.29, 1.82) is 0 Å². The fourth-order valence-corrected chi connectivity index (χ4v) is 4.24. The molecule has 2 aromatic heterocycles. The average Bonchev–Trinajstić information content (AvgIpc) is 3.50. The molecular formula is C20H22N6O4S. The van der Waals surface area contributed by atoms with Crippen LogP contribution in [0.15, 0.2) is 46.2 Å². The number of nitro groups is 1. The number of para-hydroxylation sites is 1. The maximum absolute atomic E-state index is 12.6. The molecule has 3 aromatic rings. The van der Waals surface area contributed by atoms with E-state index in [2.05, 4.69) is 20.4 Å². The molecule has 10 nitrogen and oxygen atoms in total. The Labute approximate surface area is 182 Å². The van der Waals surface area contributed by atoms with Crippen molar-refractivity contribution in [2.45, 2.75) is 31.5 Å². The van der Waals surface area contributed by atoms with E-state index < -0.39 is 4.92 Å². The minimum Gasteiger partial charge on any atom is -0.467 e. The molecule has 3 heterocycles. The molecule has 31 heavy (non-hydrogen) atoms. The van der Waals surface area contributed by atoms with Gasteiger partial charge in [0.1, 0.15) is 11.4 Å². The van der Waals surface area contributed by atoms with E-state index in [1.54, 1.807) is 25.3 Å². The van der Waals surface area contributed by atoms with Gasteiger partial charge >= 0.3 is 0 Å². The van der Waals surface area contributed by atoms with Crippen molar-refractivity contribution < 1.29 is 14.1 Å². The number of aryl methyl sites for hydroxylation is 1. The molecule has 1 amide bonds. The summed E-state index contributed by atoms with van der Waals surface area (Å²) < 4.78 is 7.43. The van der Waals surface area contributed by atoms with Crippen molar-refractivity contribution in [2.75, 3.05) is 29.1 Å². The van der Waals surface area contributed by atoms with Crippen molar-refractivity contribution in [1.82, 2.24) is 14.8 Å². The van der Waals surface area contributed by atoms with Crippen molar-refractivity contribution in [2.24, 2.45) is 0 Å². The average molecular weight is 443 g/mol. The zero-order valence-electron chi connectivity index (χ0n) is 17.0. The molecule has 11 heteroatoms. The second kappa shape index (κ2) is 9.21. The Hall–Kier alpha value is -3.34. The fraction of sp³-hybridized carbons (Fsp3) is 0.350. The van der Waals surface area contributed by atoms with Crippen LogP contribution in [0.2, 0.25) is 0 Å². The lowest BCUT2D eigenvalue weighted by Crippen LogP contribution is -2.23. The van der Waals surface area contributed by atoms with Gasteiger partial charge in [-0.1, -0.05) is 23.9 Å². The molecule has 0 saturated carbocycles. The summed E-state index contributed by atoms with van der Waals surface area (Å²) in [6, 6.07) is 8.39. The van der Waals surface area contributed by atoms with Gasteiger partial charge in [0, 0.05) is 19.2 Å². The third kappa shape index (κ3) is 4.71. The van der Waals surface area contributed by atoms with E-state index in [9.17, 15) is 14.9 Å². The predicted octanol–water partition coefficient (Wildman–Crippen LogP) is 3.47. The monoisotopic (exact) mass is 442 g/mol. The van der Waals surface area contributed by atoms with Gasteiger partial charge in [-0.15, -0.1) is 10.2 Å². The second-order valence-corrected chi connectivity index (χ2v) is 8.15. The fourth-order valence-electron chi connectivity index (χ4n) is 3.51. The third-order valence-electron chi connectivity index (χ3n) is 5.02. The smallest absolute Gasteiger partial charge is 0.293 e. The van der Waals surface area contributed by atoms with Gasteiger partial charge in [-0.05, 0) is 37.5 Å². The van der Waals surface area contributed by atoms with E-state index in [1.165, 1.54) is 17.8 Å². The van der Waals surface area contributed by atoms with Crippen LogP contribution in [-0.4, -0.2) is 44.4 Å². The number of hydrogen-bond donors (Lipinski definition) is 1. The van der Waals surface area contributed by atoms with Gasteiger partial charge in [-0.25, -0.2) is 0 Å². The minimum absolute atomic E-state index is 0.0434. The van der Waals surface area contributed by atoms with Crippen molar-refractivity contribution in [3.05, 3.63) is 58.0 Å². The first kappa shape index (κ1) is 20.9.